The lowest BCUT2D eigenvalue weighted by molar-refractivity contribution is -0.672. The number of benzene rings is 1. The SMILES string of the molecule is C[n+]1ccc2c(c1)C(C)(C)c1cc3c(cc1-2)C(C)(C)c1c[n+](C)ccc1-3. The van der Waals surface area contributed by atoms with Crippen LogP contribution in [0.2, 0.25) is 0 Å². The maximum Gasteiger partial charge on any atom is 0.173 e. The lowest BCUT2D eigenvalue weighted by atomic mass is 9.79. The molecular weight excluding hydrogens is 316 g/mol. The van der Waals surface area contributed by atoms with Crippen molar-refractivity contribution < 1.29 is 9.13 Å². The summed E-state index contributed by atoms with van der Waals surface area (Å²) in [5, 5.41) is 0. The molecule has 5 rings (SSSR count). The van der Waals surface area contributed by atoms with Crippen molar-refractivity contribution >= 4 is 0 Å². The topological polar surface area (TPSA) is 7.76 Å². The molecule has 0 atom stereocenters. The fourth-order valence-corrected chi connectivity index (χ4v) is 5.03. The lowest BCUT2D eigenvalue weighted by Crippen LogP contribution is -2.29. The van der Waals surface area contributed by atoms with Gasteiger partial charge in [0.2, 0.25) is 0 Å². The second-order valence-corrected chi connectivity index (χ2v) is 9.07. The van der Waals surface area contributed by atoms with Crippen LogP contribution in [-0.2, 0) is 24.9 Å². The van der Waals surface area contributed by atoms with Crippen molar-refractivity contribution in [3.05, 3.63) is 71.3 Å². The molecule has 0 amide bonds. The van der Waals surface area contributed by atoms with E-state index in [1.54, 1.807) is 0 Å². The second-order valence-electron chi connectivity index (χ2n) is 9.07. The van der Waals surface area contributed by atoms with Crippen LogP contribution in [0, 0.1) is 0 Å². The van der Waals surface area contributed by atoms with Crippen LogP contribution < -0.4 is 9.13 Å². The van der Waals surface area contributed by atoms with E-state index in [1.165, 1.54) is 44.5 Å². The maximum atomic E-state index is 2.47. The zero-order chi connectivity index (χ0) is 18.4. The molecule has 0 bridgehead atoms. The van der Waals surface area contributed by atoms with Crippen molar-refractivity contribution in [3.63, 3.8) is 0 Å². The molecule has 130 valence electrons. The Morgan fingerprint density at radius 3 is 1.35 bits per heavy atom. The molecule has 2 heteroatoms. The number of nitrogens with zero attached hydrogens (tertiary/aromatic N) is 2. The van der Waals surface area contributed by atoms with Gasteiger partial charge in [-0.15, -0.1) is 0 Å². The third-order valence-electron chi connectivity index (χ3n) is 6.63. The van der Waals surface area contributed by atoms with Crippen molar-refractivity contribution in [2.24, 2.45) is 14.1 Å². The van der Waals surface area contributed by atoms with Gasteiger partial charge in [-0.05, 0) is 45.5 Å². The van der Waals surface area contributed by atoms with Crippen LogP contribution in [0.15, 0.2) is 49.1 Å². The molecule has 0 N–H and O–H groups in total. The molecule has 0 unspecified atom stereocenters. The highest BCUT2D eigenvalue weighted by Crippen LogP contribution is 2.55. The summed E-state index contributed by atoms with van der Waals surface area (Å²) in [7, 11) is 4.22. The van der Waals surface area contributed by atoms with Gasteiger partial charge in [0, 0.05) is 34.1 Å². The predicted octanol–water partition coefficient (Wildman–Crippen LogP) is 3.95. The van der Waals surface area contributed by atoms with Gasteiger partial charge in [-0.25, -0.2) is 9.13 Å². The first kappa shape index (κ1) is 15.7. The monoisotopic (exact) mass is 342 g/mol. The Balaban J connectivity index is 1.84. The Morgan fingerprint density at radius 2 is 0.962 bits per heavy atom. The van der Waals surface area contributed by atoms with Gasteiger partial charge in [-0.1, -0.05) is 27.7 Å². The Kier molecular flexibility index (Phi) is 2.80. The van der Waals surface area contributed by atoms with E-state index in [-0.39, 0.29) is 10.8 Å². The molecule has 2 heterocycles. The molecule has 1 aromatic carbocycles. The molecule has 0 fully saturated rings. The average molecular weight is 342 g/mol. The number of pyridine rings is 2. The van der Waals surface area contributed by atoms with Crippen molar-refractivity contribution in [3.8, 4) is 22.3 Å². The normalized spacial score (nSPS) is 17.5. The van der Waals surface area contributed by atoms with E-state index in [2.05, 4.69) is 100.0 Å². The van der Waals surface area contributed by atoms with E-state index in [0.717, 1.165) is 0 Å². The van der Waals surface area contributed by atoms with E-state index in [1.807, 2.05) is 0 Å². The average Bonchev–Trinajstić information content (AvgIpc) is 2.93. The van der Waals surface area contributed by atoms with E-state index in [9.17, 15) is 0 Å². The third-order valence-corrected chi connectivity index (χ3v) is 6.63. The molecule has 2 aliphatic carbocycles. The van der Waals surface area contributed by atoms with Gasteiger partial charge in [-0.2, -0.15) is 0 Å². The summed E-state index contributed by atoms with van der Waals surface area (Å²) in [5.41, 5.74) is 11.4. The van der Waals surface area contributed by atoms with Gasteiger partial charge in [0.25, 0.3) is 0 Å². The van der Waals surface area contributed by atoms with Crippen LogP contribution in [-0.4, -0.2) is 0 Å². The van der Waals surface area contributed by atoms with Gasteiger partial charge >= 0.3 is 0 Å². The highest BCUT2D eigenvalue weighted by atomic mass is 14.9. The fraction of sp³-hybridized carbons (Fsp3) is 0.333. The van der Waals surface area contributed by atoms with Crippen LogP contribution >= 0.6 is 0 Å². The van der Waals surface area contributed by atoms with Gasteiger partial charge in [0.15, 0.2) is 24.8 Å². The number of fused-ring (bicyclic) bond motifs is 6. The first-order valence-electron chi connectivity index (χ1n) is 9.40. The number of aromatic nitrogens is 2. The number of hydrogen-bond acceptors (Lipinski definition) is 0. The quantitative estimate of drug-likeness (QED) is 0.547. The van der Waals surface area contributed by atoms with Crippen LogP contribution in [0.3, 0.4) is 0 Å². The molecule has 2 aliphatic rings. The summed E-state index contributed by atoms with van der Waals surface area (Å²) < 4.78 is 4.33. The molecule has 2 nitrogen and oxygen atoms in total. The van der Waals surface area contributed by atoms with E-state index in [4.69, 9.17) is 0 Å². The Labute approximate surface area is 155 Å². The minimum absolute atomic E-state index is 0.0328. The molecular formula is C24H26N2+2. The summed E-state index contributed by atoms with van der Waals surface area (Å²) in [6.45, 7) is 9.43. The molecule has 0 radical (unpaired) electrons. The summed E-state index contributed by atoms with van der Waals surface area (Å²) in [6, 6.07) is 9.51. The summed E-state index contributed by atoms with van der Waals surface area (Å²) in [4.78, 5) is 0. The highest BCUT2D eigenvalue weighted by molar-refractivity contribution is 5.88. The Hall–Kier alpha value is -2.48. The fourth-order valence-electron chi connectivity index (χ4n) is 5.03. The zero-order valence-corrected chi connectivity index (χ0v) is 16.5. The summed E-state index contributed by atoms with van der Waals surface area (Å²) >= 11 is 0. The molecule has 0 saturated heterocycles. The molecule has 0 saturated carbocycles. The lowest BCUT2D eigenvalue weighted by Gasteiger charge is -2.23. The molecule has 26 heavy (non-hydrogen) atoms. The minimum atomic E-state index is 0.0328. The molecule has 0 aliphatic heterocycles. The van der Waals surface area contributed by atoms with Crippen LogP contribution in [0.4, 0.5) is 0 Å². The van der Waals surface area contributed by atoms with E-state index in [0.29, 0.717) is 0 Å². The van der Waals surface area contributed by atoms with Gasteiger partial charge in [0.1, 0.15) is 14.1 Å². The maximum absolute atomic E-state index is 2.47. The second kappa shape index (κ2) is 4.62. The van der Waals surface area contributed by atoms with Gasteiger partial charge in [-0.3, -0.25) is 0 Å². The van der Waals surface area contributed by atoms with E-state index >= 15 is 0 Å². The van der Waals surface area contributed by atoms with Crippen molar-refractivity contribution in [2.75, 3.05) is 0 Å². The number of hydrogen-bond donors (Lipinski definition) is 0. The predicted molar refractivity (Wildman–Crippen MR) is 104 cm³/mol. The van der Waals surface area contributed by atoms with Crippen molar-refractivity contribution in [2.45, 2.75) is 38.5 Å². The summed E-state index contributed by atoms with van der Waals surface area (Å²) in [6.07, 6.45) is 8.91. The molecule has 0 spiro atoms. The van der Waals surface area contributed by atoms with Crippen molar-refractivity contribution in [1.82, 2.24) is 0 Å². The first-order chi connectivity index (χ1) is 12.2. The standard InChI is InChI=1S/C24H26N2/c1-23(2)19-11-18-16-8-10-26(6)14-22(16)24(3,4)20(18)12-17(19)15-7-9-25(5)13-21(15)23/h7-14H,1-6H3/q+2. The Bertz CT molecular complexity index is 1010. The molecule has 3 aromatic rings. The minimum Gasteiger partial charge on any atom is -0.207 e. The molecule has 2 aromatic heterocycles. The van der Waals surface area contributed by atoms with Gasteiger partial charge in [0.05, 0.1) is 0 Å². The highest BCUT2D eigenvalue weighted by Gasteiger charge is 2.43. The van der Waals surface area contributed by atoms with Crippen LogP contribution in [0.1, 0.15) is 49.9 Å². The smallest absolute Gasteiger partial charge is 0.173 e. The first-order valence-corrected chi connectivity index (χ1v) is 9.40. The number of aryl methyl sites for hydroxylation is 2. The van der Waals surface area contributed by atoms with Crippen LogP contribution in [0.25, 0.3) is 22.3 Å². The zero-order valence-electron chi connectivity index (χ0n) is 16.5. The van der Waals surface area contributed by atoms with Crippen LogP contribution in [0.5, 0.6) is 0 Å². The summed E-state index contributed by atoms with van der Waals surface area (Å²) in [5.74, 6) is 0. The number of rotatable bonds is 0. The van der Waals surface area contributed by atoms with Gasteiger partial charge < -0.3 is 0 Å². The van der Waals surface area contributed by atoms with E-state index < -0.39 is 0 Å². The third kappa shape index (κ3) is 1.77. The largest absolute Gasteiger partial charge is 0.207 e. The van der Waals surface area contributed by atoms with Crippen molar-refractivity contribution in [1.29, 1.82) is 0 Å². The Morgan fingerprint density at radius 1 is 0.577 bits per heavy atom.